The fraction of sp³-hybridized carbons (Fsp3) is 0.500. The average Bonchev–Trinajstić information content (AvgIpc) is 3.12. The van der Waals surface area contributed by atoms with Gasteiger partial charge in [-0.1, -0.05) is 42.1 Å². The molecule has 1 aliphatic heterocycles. The van der Waals surface area contributed by atoms with Crippen molar-refractivity contribution in [3.8, 4) is 0 Å². The molecule has 1 N–H and O–H groups in total. The molecule has 1 aliphatic carbocycles. The second-order valence-corrected chi connectivity index (χ2v) is 5.95. The molecule has 1 aromatic carbocycles. The van der Waals surface area contributed by atoms with Crippen LogP contribution in [0.2, 0.25) is 0 Å². The molecule has 0 bridgehead atoms. The van der Waals surface area contributed by atoms with Crippen molar-refractivity contribution in [2.24, 2.45) is 10.9 Å². The van der Waals surface area contributed by atoms with Gasteiger partial charge >= 0.3 is 0 Å². The van der Waals surface area contributed by atoms with E-state index in [1.807, 2.05) is 11.8 Å². The standard InChI is InChI=1S/C14H18N2S/c1-10(11-7-8-11)15-14-16-13(9-17-14)12-5-3-2-4-6-12/h2-6,10-11,13H,7-9H2,1H3,(H,15,16). The van der Waals surface area contributed by atoms with E-state index in [-0.39, 0.29) is 0 Å². The Bertz CT molecular complexity index is 411. The summed E-state index contributed by atoms with van der Waals surface area (Å²) >= 11 is 1.86. The molecule has 1 fully saturated rings. The zero-order valence-corrected chi connectivity index (χ0v) is 10.9. The van der Waals surface area contributed by atoms with Crippen molar-refractivity contribution in [3.63, 3.8) is 0 Å². The Hall–Kier alpha value is -0.960. The minimum Gasteiger partial charge on any atom is -0.362 e. The number of hydrogen-bond acceptors (Lipinski definition) is 3. The van der Waals surface area contributed by atoms with Crippen molar-refractivity contribution in [3.05, 3.63) is 35.9 Å². The molecule has 0 amide bonds. The van der Waals surface area contributed by atoms with Crippen LogP contribution in [0.25, 0.3) is 0 Å². The summed E-state index contributed by atoms with van der Waals surface area (Å²) in [5, 5.41) is 4.69. The normalized spacial score (nSPS) is 25.5. The summed E-state index contributed by atoms with van der Waals surface area (Å²) in [5.74, 6) is 1.96. The van der Waals surface area contributed by atoms with Gasteiger partial charge in [-0.3, -0.25) is 4.99 Å². The lowest BCUT2D eigenvalue weighted by Crippen LogP contribution is -2.31. The van der Waals surface area contributed by atoms with E-state index in [9.17, 15) is 0 Å². The molecule has 3 rings (SSSR count). The largest absolute Gasteiger partial charge is 0.362 e. The maximum Gasteiger partial charge on any atom is 0.157 e. The smallest absolute Gasteiger partial charge is 0.157 e. The Morgan fingerprint density at radius 2 is 2.06 bits per heavy atom. The molecule has 0 spiro atoms. The van der Waals surface area contributed by atoms with Gasteiger partial charge in [-0.2, -0.15) is 0 Å². The molecule has 2 nitrogen and oxygen atoms in total. The van der Waals surface area contributed by atoms with Crippen molar-refractivity contribution < 1.29 is 0 Å². The van der Waals surface area contributed by atoms with Gasteiger partial charge in [0.05, 0.1) is 6.04 Å². The third-order valence-electron chi connectivity index (χ3n) is 3.52. The van der Waals surface area contributed by atoms with Crippen LogP contribution >= 0.6 is 11.8 Å². The van der Waals surface area contributed by atoms with Crippen LogP contribution in [0, 0.1) is 5.92 Å². The van der Waals surface area contributed by atoms with E-state index in [0.717, 1.165) is 16.8 Å². The van der Waals surface area contributed by atoms with Crippen molar-refractivity contribution in [1.82, 2.24) is 5.32 Å². The SMILES string of the molecule is CC(NC1=NC(c2ccccc2)CS1)C1CC1. The first-order valence-corrected chi connectivity index (χ1v) is 7.33. The Morgan fingerprint density at radius 3 is 2.76 bits per heavy atom. The van der Waals surface area contributed by atoms with Crippen LogP contribution in [0.15, 0.2) is 35.3 Å². The summed E-state index contributed by atoms with van der Waals surface area (Å²) in [6.07, 6.45) is 2.77. The van der Waals surface area contributed by atoms with Gasteiger partial charge in [-0.15, -0.1) is 0 Å². The van der Waals surface area contributed by atoms with E-state index in [1.54, 1.807) is 0 Å². The third kappa shape index (κ3) is 2.65. The van der Waals surface area contributed by atoms with Crippen LogP contribution < -0.4 is 5.32 Å². The van der Waals surface area contributed by atoms with E-state index >= 15 is 0 Å². The highest BCUT2D eigenvalue weighted by Gasteiger charge is 2.30. The summed E-state index contributed by atoms with van der Waals surface area (Å²) in [7, 11) is 0. The summed E-state index contributed by atoms with van der Waals surface area (Å²) < 4.78 is 0. The first kappa shape index (κ1) is 11.1. The topological polar surface area (TPSA) is 24.4 Å². The lowest BCUT2D eigenvalue weighted by molar-refractivity contribution is 0.590. The van der Waals surface area contributed by atoms with E-state index in [4.69, 9.17) is 4.99 Å². The first-order valence-electron chi connectivity index (χ1n) is 6.35. The second kappa shape index (κ2) is 4.73. The number of rotatable bonds is 3. The lowest BCUT2D eigenvalue weighted by atomic mass is 10.1. The third-order valence-corrected chi connectivity index (χ3v) is 4.49. The number of nitrogens with one attached hydrogen (secondary N) is 1. The monoisotopic (exact) mass is 246 g/mol. The molecule has 1 saturated carbocycles. The maximum absolute atomic E-state index is 4.78. The van der Waals surface area contributed by atoms with Crippen LogP contribution in [-0.2, 0) is 0 Å². The Labute approximate surface area is 107 Å². The van der Waals surface area contributed by atoms with Crippen molar-refractivity contribution in [2.75, 3.05) is 5.75 Å². The molecule has 0 saturated heterocycles. The van der Waals surface area contributed by atoms with Gasteiger partial charge in [-0.05, 0) is 31.2 Å². The summed E-state index contributed by atoms with van der Waals surface area (Å²) in [6.45, 7) is 2.27. The fourth-order valence-electron chi connectivity index (χ4n) is 2.21. The molecule has 1 heterocycles. The number of amidine groups is 1. The highest BCUT2D eigenvalue weighted by atomic mass is 32.2. The van der Waals surface area contributed by atoms with Crippen molar-refractivity contribution in [1.29, 1.82) is 0 Å². The zero-order valence-electron chi connectivity index (χ0n) is 10.1. The van der Waals surface area contributed by atoms with Crippen LogP contribution in [-0.4, -0.2) is 17.0 Å². The van der Waals surface area contributed by atoms with Gasteiger partial charge in [-0.25, -0.2) is 0 Å². The highest BCUT2D eigenvalue weighted by Crippen LogP contribution is 2.34. The van der Waals surface area contributed by atoms with Gasteiger partial charge < -0.3 is 5.32 Å². The highest BCUT2D eigenvalue weighted by molar-refractivity contribution is 8.14. The van der Waals surface area contributed by atoms with Crippen LogP contribution in [0.1, 0.15) is 31.4 Å². The van der Waals surface area contributed by atoms with Crippen LogP contribution in [0.5, 0.6) is 0 Å². The summed E-state index contributed by atoms with van der Waals surface area (Å²) in [5.41, 5.74) is 1.33. The van der Waals surface area contributed by atoms with Crippen LogP contribution in [0.4, 0.5) is 0 Å². The molecule has 90 valence electrons. The van der Waals surface area contributed by atoms with Gasteiger partial charge in [0.25, 0.3) is 0 Å². The van der Waals surface area contributed by atoms with Gasteiger partial charge in [0.15, 0.2) is 5.17 Å². The molecule has 3 heteroatoms. The molecule has 0 aromatic heterocycles. The van der Waals surface area contributed by atoms with E-state index < -0.39 is 0 Å². The quantitative estimate of drug-likeness (QED) is 0.885. The number of benzene rings is 1. The number of thioether (sulfide) groups is 1. The molecule has 1 aromatic rings. The lowest BCUT2D eigenvalue weighted by Gasteiger charge is -2.12. The van der Waals surface area contributed by atoms with Crippen LogP contribution in [0.3, 0.4) is 0 Å². The van der Waals surface area contributed by atoms with Gasteiger partial charge in [0.2, 0.25) is 0 Å². The molecule has 17 heavy (non-hydrogen) atoms. The van der Waals surface area contributed by atoms with Gasteiger partial charge in [0, 0.05) is 11.8 Å². The number of nitrogens with zero attached hydrogens (tertiary/aromatic N) is 1. The molecule has 2 aliphatic rings. The van der Waals surface area contributed by atoms with E-state index in [1.165, 1.54) is 18.4 Å². The van der Waals surface area contributed by atoms with E-state index in [0.29, 0.717) is 12.1 Å². The fourth-order valence-corrected chi connectivity index (χ4v) is 3.26. The second-order valence-electron chi connectivity index (χ2n) is 4.94. The Balaban J connectivity index is 1.64. The predicted octanol–water partition coefficient (Wildman–Crippen LogP) is 3.22. The first-order chi connectivity index (χ1) is 8.33. The van der Waals surface area contributed by atoms with E-state index in [2.05, 4.69) is 42.6 Å². The molecular formula is C14H18N2S. The molecule has 2 atom stereocenters. The molecule has 0 radical (unpaired) electrons. The Morgan fingerprint density at radius 1 is 1.29 bits per heavy atom. The summed E-state index contributed by atoms with van der Waals surface area (Å²) in [4.78, 5) is 4.78. The Kier molecular flexibility index (Phi) is 3.10. The molecular weight excluding hydrogens is 228 g/mol. The minimum absolute atomic E-state index is 0.343. The summed E-state index contributed by atoms with van der Waals surface area (Å²) in [6, 6.07) is 11.5. The molecule has 2 unspecified atom stereocenters. The maximum atomic E-state index is 4.78. The van der Waals surface area contributed by atoms with Gasteiger partial charge in [0.1, 0.15) is 0 Å². The number of hydrogen-bond donors (Lipinski definition) is 1. The average molecular weight is 246 g/mol. The number of aliphatic imine (C=N–C) groups is 1. The zero-order chi connectivity index (χ0) is 11.7. The van der Waals surface area contributed by atoms with Crippen molar-refractivity contribution in [2.45, 2.75) is 31.8 Å². The minimum atomic E-state index is 0.343. The predicted molar refractivity (Wildman–Crippen MR) is 74.4 cm³/mol. The van der Waals surface area contributed by atoms with Crippen molar-refractivity contribution >= 4 is 16.9 Å².